The molecule has 2 aromatic rings. The van der Waals surface area contributed by atoms with E-state index in [-0.39, 0.29) is 6.10 Å². The van der Waals surface area contributed by atoms with E-state index in [4.69, 9.17) is 0 Å². The standard InChI is InChI=1S/C24H32N2O/c1-18-23(19-6-3-2-4-7-19)8-5-9-24(18)26-16-14-21(15-17-26)25-20-10-12-22(27)13-11-20/h2-9,20-22,25,27H,10-17H2,1H3. The molecule has 0 amide bonds. The SMILES string of the molecule is Cc1c(-c2ccccc2)cccc1N1CCC(NC2CCC(O)CC2)CC1. The number of aliphatic hydroxyl groups excluding tert-OH is 1. The molecule has 27 heavy (non-hydrogen) atoms. The number of hydrogen-bond acceptors (Lipinski definition) is 3. The summed E-state index contributed by atoms with van der Waals surface area (Å²) in [7, 11) is 0. The van der Waals surface area contributed by atoms with Crippen molar-refractivity contribution in [2.75, 3.05) is 18.0 Å². The van der Waals surface area contributed by atoms with Gasteiger partial charge in [-0.2, -0.15) is 0 Å². The summed E-state index contributed by atoms with van der Waals surface area (Å²) >= 11 is 0. The monoisotopic (exact) mass is 364 g/mol. The van der Waals surface area contributed by atoms with E-state index in [1.54, 1.807) is 0 Å². The number of rotatable bonds is 4. The van der Waals surface area contributed by atoms with Gasteiger partial charge < -0.3 is 15.3 Å². The third-order valence-corrected chi connectivity index (χ3v) is 6.39. The molecule has 4 rings (SSSR count). The first-order chi connectivity index (χ1) is 13.2. The molecular formula is C24H32N2O. The number of nitrogens with one attached hydrogen (secondary N) is 1. The zero-order chi connectivity index (χ0) is 18.6. The second-order valence-electron chi connectivity index (χ2n) is 8.25. The smallest absolute Gasteiger partial charge is 0.0541 e. The van der Waals surface area contributed by atoms with Crippen LogP contribution in [0.5, 0.6) is 0 Å². The number of anilines is 1. The van der Waals surface area contributed by atoms with E-state index in [0.29, 0.717) is 12.1 Å². The Morgan fingerprint density at radius 3 is 2.19 bits per heavy atom. The first-order valence-electron chi connectivity index (χ1n) is 10.5. The van der Waals surface area contributed by atoms with Crippen molar-refractivity contribution in [2.45, 2.75) is 63.6 Å². The highest BCUT2D eigenvalue weighted by molar-refractivity contribution is 5.74. The summed E-state index contributed by atoms with van der Waals surface area (Å²) in [6, 6.07) is 18.6. The Bertz CT molecular complexity index is 729. The lowest BCUT2D eigenvalue weighted by molar-refractivity contribution is 0.113. The number of nitrogens with zero attached hydrogens (tertiary/aromatic N) is 1. The molecule has 1 aliphatic carbocycles. The van der Waals surface area contributed by atoms with E-state index in [2.05, 4.69) is 65.7 Å². The van der Waals surface area contributed by atoms with Gasteiger partial charge in [0.15, 0.2) is 0 Å². The van der Waals surface area contributed by atoms with E-state index in [1.807, 2.05) is 0 Å². The Morgan fingerprint density at radius 2 is 1.48 bits per heavy atom. The normalized spacial score (nSPS) is 24.1. The van der Waals surface area contributed by atoms with Crippen molar-refractivity contribution < 1.29 is 5.11 Å². The topological polar surface area (TPSA) is 35.5 Å². The molecular weight excluding hydrogens is 332 g/mol. The summed E-state index contributed by atoms with van der Waals surface area (Å²) < 4.78 is 0. The fourth-order valence-electron chi connectivity index (χ4n) is 4.76. The van der Waals surface area contributed by atoms with Gasteiger partial charge in [0.1, 0.15) is 0 Å². The molecule has 1 saturated carbocycles. The van der Waals surface area contributed by atoms with Gasteiger partial charge in [0.25, 0.3) is 0 Å². The Morgan fingerprint density at radius 1 is 0.815 bits per heavy atom. The molecule has 1 heterocycles. The van der Waals surface area contributed by atoms with E-state index in [9.17, 15) is 5.11 Å². The number of piperidine rings is 1. The molecule has 1 saturated heterocycles. The van der Waals surface area contributed by atoms with Crippen LogP contribution in [0.2, 0.25) is 0 Å². The lowest BCUT2D eigenvalue weighted by Crippen LogP contribution is -2.47. The predicted molar refractivity (Wildman–Crippen MR) is 113 cm³/mol. The molecule has 0 aromatic heterocycles. The Balaban J connectivity index is 1.38. The van der Waals surface area contributed by atoms with Gasteiger partial charge in [-0.25, -0.2) is 0 Å². The summed E-state index contributed by atoms with van der Waals surface area (Å²) in [6.07, 6.45) is 6.51. The Labute approximate surface area is 163 Å². The van der Waals surface area contributed by atoms with Gasteiger partial charge in [0, 0.05) is 30.9 Å². The molecule has 0 unspecified atom stereocenters. The van der Waals surface area contributed by atoms with Crippen LogP contribution in [0.4, 0.5) is 5.69 Å². The molecule has 3 heteroatoms. The number of benzene rings is 2. The van der Waals surface area contributed by atoms with Crippen LogP contribution in [0.3, 0.4) is 0 Å². The molecule has 1 aliphatic heterocycles. The van der Waals surface area contributed by atoms with Gasteiger partial charge in [0.2, 0.25) is 0 Å². The van der Waals surface area contributed by atoms with Crippen molar-refractivity contribution in [2.24, 2.45) is 0 Å². The highest BCUT2D eigenvalue weighted by Crippen LogP contribution is 2.32. The van der Waals surface area contributed by atoms with Crippen LogP contribution in [-0.2, 0) is 0 Å². The van der Waals surface area contributed by atoms with Crippen molar-refractivity contribution in [3.63, 3.8) is 0 Å². The Kier molecular flexibility index (Phi) is 5.80. The van der Waals surface area contributed by atoms with E-state index >= 15 is 0 Å². The molecule has 2 aliphatic rings. The van der Waals surface area contributed by atoms with E-state index in [1.165, 1.54) is 35.2 Å². The first kappa shape index (κ1) is 18.5. The minimum atomic E-state index is -0.0650. The van der Waals surface area contributed by atoms with E-state index < -0.39 is 0 Å². The maximum Gasteiger partial charge on any atom is 0.0541 e. The maximum atomic E-state index is 9.69. The summed E-state index contributed by atoms with van der Waals surface area (Å²) in [5.41, 5.74) is 5.41. The van der Waals surface area contributed by atoms with Gasteiger partial charge in [-0.3, -0.25) is 0 Å². The number of hydrogen-bond donors (Lipinski definition) is 2. The molecule has 144 valence electrons. The van der Waals surface area contributed by atoms with Crippen molar-refractivity contribution >= 4 is 5.69 Å². The average molecular weight is 365 g/mol. The maximum absolute atomic E-state index is 9.69. The average Bonchev–Trinajstić information content (AvgIpc) is 2.71. The number of aliphatic hydroxyl groups is 1. The van der Waals surface area contributed by atoms with Crippen molar-refractivity contribution in [3.05, 3.63) is 54.1 Å². The predicted octanol–water partition coefficient (Wildman–Crippen LogP) is 4.52. The fraction of sp³-hybridized carbons (Fsp3) is 0.500. The fourth-order valence-corrected chi connectivity index (χ4v) is 4.76. The largest absolute Gasteiger partial charge is 0.393 e. The molecule has 3 nitrogen and oxygen atoms in total. The van der Waals surface area contributed by atoms with Gasteiger partial charge in [-0.1, -0.05) is 42.5 Å². The third-order valence-electron chi connectivity index (χ3n) is 6.39. The van der Waals surface area contributed by atoms with Gasteiger partial charge in [-0.15, -0.1) is 0 Å². The van der Waals surface area contributed by atoms with Crippen LogP contribution in [0.25, 0.3) is 11.1 Å². The quantitative estimate of drug-likeness (QED) is 0.837. The molecule has 0 radical (unpaired) electrons. The minimum absolute atomic E-state index is 0.0650. The van der Waals surface area contributed by atoms with Crippen molar-refractivity contribution in [3.8, 4) is 11.1 Å². The van der Waals surface area contributed by atoms with Crippen LogP contribution >= 0.6 is 0 Å². The molecule has 2 aromatic carbocycles. The highest BCUT2D eigenvalue weighted by Gasteiger charge is 2.25. The molecule has 0 spiro atoms. The van der Waals surface area contributed by atoms with Gasteiger partial charge in [-0.05, 0) is 68.2 Å². The van der Waals surface area contributed by atoms with Crippen LogP contribution in [-0.4, -0.2) is 36.4 Å². The highest BCUT2D eigenvalue weighted by atomic mass is 16.3. The van der Waals surface area contributed by atoms with E-state index in [0.717, 1.165) is 38.8 Å². The zero-order valence-electron chi connectivity index (χ0n) is 16.4. The van der Waals surface area contributed by atoms with Crippen LogP contribution in [0.1, 0.15) is 44.1 Å². The first-order valence-corrected chi connectivity index (χ1v) is 10.5. The lowest BCUT2D eigenvalue weighted by atomic mass is 9.91. The summed E-state index contributed by atoms with van der Waals surface area (Å²) in [6.45, 7) is 4.49. The summed E-state index contributed by atoms with van der Waals surface area (Å²) in [5.74, 6) is 0. The van der Waals surface area contributed by atoms with Crippen molar-refractivity contribution in [1.82, 2.24) is 5.32 Å². The van der Waals surface area contributed by atoms with Gasteiger partial charge >= 0.3 is 0 Å². The molecule has 2 N–H and O–H groups in total. The third kappa shape index (κ3) is 4.36. The van der Waals surface area contributed by atoms with Crippen LogP contribution in [0.15, 0.2) is 48.5 Å². The van der Waals surface area contributed by atoms with Crippen LogP contribution < -0.4 is 10.2 Å². The summed E-state index contributed by atoms with van der Waals surface area (Å²) in [4.78, 5) is 2.56. The second kappa shape index (κ2) is 8.45. The van der Waals surface area contributed by atoms with Gasteiger partial charge in [0.05, 0.1) is 6.10 Å². The lowest BCUT2D eigenvalue weighted by Gasteiger charge is -2.38. The second-order valence-corrected chi connectivity index (χ2v) is 8.25. The zero-order valence-corrected chi connectivity index (χ0v) is 16.4. The summed E-state index contributed by atoms with van der Waals surface area (Å²) in [5, 5.41) is 13.6. The molecule has 2 fully saturated rings. The molecule has 0 atom stereocenters. The van der Waals surface area contributed by atoms with Crippen LogP contribution in [0, 0.1) is 6.92 Å². The minimum Gasteiger partial charge on any atom is -0.393 e. The van der Waals surface area contributed by atoms with Crippen molar-refractivity contribution in [1.29, 1.82) is 0 Å². The molecule has 0 bridgehead atoms. The Hall–Kier alpha value is -1.84.